The molecule has 5 nitrogen and oxygen atoms in total. The lowest BCUT2D eigenvalue weighted by atomic mass is 9.89. The first-order valence-corrected chi connectivity index (χ1v) is 7.73. The molecule has 1 aliphatic heterocycles. The largest absolute Gasteiger partial charge is 0.370 e. The fourth-order valence-electron chi connectivity index (χ4n) is 2.90. The van der Waals surface area contributed by atoms with Crippen molar-refractivity contribution in [2.45, 2.75) is 40.0 Å². The SMILES string of the molecule is CCNc1cc(N2CCCC(C(C)C)CC2)nc(N)n1. The Morgan fingerprint density at radius 3 is 2.85 bits per heavy atom. The van der Waals surface area contributed by atoms with E-state index in [4.69, 9.17) is 5.73 Å². The van der Waals surface area contributed by atoms with Gasteiger partial charge in [-0.15, -0.1) is 0 Å². The highest BCUT2D eigenvalue weighted by Crippen LogP contribution is 2.27. The van der Waals surface area contributed by atoms with E-state index in [1.807, 2.05) is 6.07 Å². The predicted molar refractivity (Wildman–Crippen MR) is 85.0 cm³/mol. The molecule has 0 aromatic carbocycles. The van der Waals surface area contributed by atoms with E-state index in [9.17, 15) is 0 Å². The summed E-state index contributed by atoms with van der Waals surface area (Å²) in [5.74, 6) is 3.72. The average Bonchev–Trinajstić information content (AvgIpc) is 2.64. The van der Waals surface area contributed by atoms with Gasteiger partial charge in [-0.25, -0.2) is 0 Å². The van der Waals surface area contributed by atoms with Crippen LogP contribution in [0.4, 0.5) is 17.6 Å². The molecule has 1 aliphatic rings. The lowest BCUT2D eigenvalue weighted by Gasteiger charge is -2.23. The van der Waals surface area contributed by atoms with Gasteiger partial charge in [0.05, 0.1) is 0 Å². The second kappa shape index (κ2) is 6.77. The van der Waals surface area contributed by atoms with Gasteiger partial charge < -0.3 is 16.0 Å². The number of hydrogen-bond acceptors (Lipinski definition) is 5. The van der Waals surface area contributed by atoms with Gasteiger partial charge in [0.2, 0.25) is 5.95 Å². The smallest absolute Gasteiger partial charge is 0.223 e. The van der Waals surface area contributed by atoms with Crippen LogP contribution in [0.5, 0.6) is 0 Å². The predicted octanol–water partition coefficient (Wildman–Crippen LogP) is 2.75. The first-order valence-electron chi connectivity index (χ1n) is 7.73. The minimum atomic E-state index is 0.350. The Morgan fingerprint density at radius 2 is 2.15 bits per heavy atom. The highest BCUT2D eigenvalue weighted by atomic mass is 15.2. The van der Waals surface area contributed by atoms with E-state index >= 15 is 0 Å². The van der Waals surface area contributed by atoms with Gasteiger partial charge >= 0.3 is 0 Å². The highest BCUT2D eigenvalue weighted by Gasteiger charge is 2.20. The van der Waals surface area contributed by atoms with Crippen molar-refractivity contribution in [1.82, 2.24) is 9.97 Å². The third-order valence-electron chi connectivity index (χ3n) is 4.13. The van der Waals surface area contributed by atoms with E-state index in [0.29, 0.717) is 5.95 Å². The number of nitrogens with zero attached hydrogens (tertiary/aromatic N) is 3. The molecule has 20 heavy (non-hydrogen) atoms. The molecule has 0 bridgehead atoms. The van der Waals surface area contributed by atoms with Crippen LogP contribution in [-0.4, -0.2) is 29.6 Å². The first kappa shape index (κ1) is 14.9. The molecule has 0 spiro atoms. The summed E-state index contributed by atoms with van der Waals surface area (Å²) in [4.78, 5) is 11.0. The molecule has 0 saturated carbocycles. The summed E-state index contributed by atoms with van der Waals surface area (Å²) in [5.41, 5.74) is 5.82. The van der Waals surface area contributed by atoms with Gasteiger partial charge in [0.1, 0.15) is 11.6 Å². The second-order valence-electron chi connectivity index (χ2n) is 5.92. The molecule has 0 amide bonds. The molecule has 0 aliphatic carbocycles. The van der Waals surface area contributed by atoms with Crippen molar-refractivity contribution >= 4 is 17.6 Å². The van der Waals surface area contributed by atoms with Crippen LogP contribution in [-0.2, 0) is 0 Å². The summed E-state index contributed by atoms with van der Waals surface area (Å²) in [6.45, 7) is 9.66. The summed E-state index contributed by atoms with van der Waals surface area (Å²) in [5, 5.41) is 3.21. The standard InChI is InChI=1S/C15H27N5/c1-4-17-13-10-14(19-15(16)18-13)20-8-5-6-12(7-9-20)11(2)3/h10-12H,4-9H2,1-3H3,(H3,16,17,18,19). The molecule has 2 rings (SSSR count). The highest BCUT2D eigenvalue weighted by molar-refractivity contribution is 5.52. The third kappa shape index (κ3) is 3.74. The second-order valence-corrected chi connectivity index (χ2v) is 5.92. The zero-order valence-electron chi connectivity index (χ0n) is 12.9. The van der Waals surface area contributed by atoms with Gasteiger partial charge in [-0.2, -0.15) is 9.97 Å². The number of anilines is 3. The zero-order chi connectivity index (χ0) is 14.5. The molecule has 1 fully saturated rings. The maximum absolute atomic E-state index is 5.82. The Bertz CT molecular complexity index is 432. The van der Waals surface area contributed by atoms with Gasteiger partial charge in [-0.1, -0.05) is 13.8 Å². The van der Waals surface area contributed by atoms with Crippen LogP contribution < -0.4 is 16.0 Å². The van der Waals surface area contributed by atoms with Crippen LogP contribution in [0.3, 0.4) is 0 Å². The number of hydrogen-bond donors (Lipinski definition) is 2. The van der Waals surface area contributed by atoms with Gasteiger partial charge in [-0.3, -0.25) is 0 Å². The van der Waals surface area contributed by atoms with Gasteiger partial charge in [0.25, 0.3) is 0 Å². The van der Waals surface area contributed by atoms with Crippen molar-refractivity contribution in [1.29, 1.82) is 0 Å². The third-order valence-corrected chi connectivity index (χ3v) is 4.13. The van der Waals surface area contributed by atoms with Crippen LogP contribution in [0.25, 0.3) is 0 Å². The fraction of sp³-hybridized carbons (Fsp3) is 0.733. The molecule has 1 atom stereocenters. The molecule has 112 valence electrons. The maximum atomic E-state index is 5.82. The van der Waals surface area contributed by atoms with E-state index in [-0.39, 0.29) is 0 Å². The number of nitrogen functional groups attached to an aromatic ring is 1. The Balaban J connectivity index is 2.11. The Labute approximate surface area is 122 Å². The summed E-state index contributed by atoms with van der Waals surface area (Å²) < 4.78 is 0. The summed E-state index contributed by atoms with van der Waals surface area (Å²) >= 11 is 0. The molecule has 5 heteroatoms. The molecule has 1 aromatic rings. The lowest BCUT2D eigenvalue weighted by molar-refractivity contribution is 0.351. The molecule has 2 heterocycles. The number of nitrogens with one attached hydrogen (secondary N) is 1. The number of nitrogens with two attached hydrogens (primary N) is 1. The van der Waals surface area contributed by atoms with Crippen molar-refractivity contribution in [3.05, 3.63) is 6.07 Å². The van der Waals surface area contributed by atoms with E-state index in [0.717, 1.165) is 43.1 Å². The normalized spacial score (nSPS) is 20.0. The number of aromatic nitrogens is 2. The van der Waals surface area contributed by atoms with E-state index in [1.165, 1.54) is 19.3 Å². The fourth-order valence-corrected chi connectivity index (χ4v) is 2.90. The molecule has 1 unspecified atom stereocenters. The van der Waals surface area contributed by atoms with Crippen molar-refractivity contribution in [3.8, 4) is 0 Å². The van der Waals surface area contributed by atoms with Gasteiger partial charge in [-0.05, 0) is 38.0 Å². The van der Waals surface area contributed by atoms with E-state index < -0.39 is 0 Å². The summed E-state index contributed by atoms with van der Waals surface area (Å²) in [6, 6.07) is 2.01. The molecule has 3 N–H and O–H groups in total. The molecule has 0 radical (unpaired) electrons. The minimum Gasteiger partial charge on any atom is -0.370 e. The number of rotatable bonds is 4. The van der Waals surface area contributed by atoms with Crippen molar-refractivity contribution < 1.29 is 0 Å². The van der Waals surface area contributed by atoms with Crippen LogP contribution in [0, 0.1) is 11.8 Å². The van der Waals surface area contributed by atoms with Crippen molar-refractivity contribution in [2.75, 3.05) is 35.6 Å². The van der Waals surface area contributed by atoms with E-state index in [1.54, 1.807) is 0 Å². The topological polar surface area (TPSA) is 67.1 Å². The zero-order valence-corrected chi connectivity index (χ0v) is 12.9. The molecular formula is C15H27N5. The Morgan fingerprint density at radius 1 is 1.35 bits per heavy atom. The van der Waals surface area contributed by atoms with Crippen LogP contribution in [0.2, 0.25) is 0 Å². The summed E-state index contributed by atoms with van der Waals surface area (Å²) in [6.07, 6.45) is 3.77. The Hall–Kier alpha value is -1.52. The minimum absolute atomic E-state index is 0.350. The van der Waals surface area contributed by atoms with E-state index in [2.05, 4.69) is 41.0 Å². The van der Waals surface area contributed by atoms with Crippen molar-refractivity contribution in [3.63, 3.8) is 0 Å². The molecular weight excluding hydrogens is 250 g/mol. The average molecular weight is 277 g/mol. The lowest BCUT2D eigenvalue weighted by Crippen LogP contribution is -2.26. The van der Waals surface area contributed by atoms with Crippen LogP contribution in [0.15, 0.2) is 6.07 Å². The van der Waals surface area contributed by atoms with Crippen LogP contribution >= 0.6 is 0 Å². The van der Waals surface area contributed by atoms with Gasteiger partial charge in [0.15, 0.2) is 0 Å². The molecule has 1 aromatic heterocycles. The quantitative estimate of drug-likeness (QED) is 0.886. The van der Waals surface area contributed by atoms with Crippen molar-refractivity contribution in [2.24, 2.45) is 11.8 Å². The van der Waals surface area contributed by atoms with Gasteiger partial charge in [0, 0.05) is 25.7 Å². The van der Waals surface area contributed by atoms with Crippen LogP contribution in [0.1, 0.15) is 40.0 Å². The summed E-state index contributed by atoms with van der Waals surface area (Å²) in [7, 11) is 0. The molecule has 1 saturated heterocycles. The Kier molecular flexibility index (Phi) is 5.04. The maximum Gasteiger partial charge on any atom is 0.223 e. The first-order chi connectivity index (χ1) is 9.60. The monoisotopic (exact) mass is 277 g/mol.